The summed E-state index contributed by atoms with van der Waals surface area (Å²) in [5.74, 6) is -1.74. The van der Waals surface area contributed by atoms with Gasteiger partial charge in [0.15, 0.2) is 0 Å². The molecular weight excluding hydrogens is 452 g/mol. The average Bonchev–Trinajstić information content (AvgIpc) is 3.49. The van der Waals surface area contributed by atoms with Gasteiger partial charge in [-0.2, -0.15) is 0 Å². The zero-order valence-corrected chi connectivity index (χ0v) is 21.3. The van der Waals surface area contributed by atoms with E-state index >= 15 is 0 Å². The number of ether oxygens (including phenoxy) is 2. The summed E-state index contributed by atoms with van der Waals surface area (Å²) in [6.45, 7) is 10.5. The van der Waals surface area contributed by atoms with Gasteiger partial charge >= 0.3 is 0 Å². The van der Waals surface area contributed by atoms with Crippen molar-refractivity contribution in [2.45, 2.75) is 70.2 Å². The number of aliphatic hydroxyl groups is 1. The molecule has 2 unspecified atom stereocenters. The zero-order chi connectivity index (χ0) is 25.2. The summed E-state index contributed by atoms with van der Waals surface area (Å²) in [5.41, 5.74) is -1.02. The van der Waals surface area contributed by atoms with Crippen molar-refractivity contribution in [3.05, 3.63) is 0 Å². The van der Waals surface area contributed by atoms with Gasteiger partial charge in [0.1, 0.15) is 11.6 Å². The molecule has 6 atom stereocenters. The molecule has 198 valence electrons. The van der Waals surface area contributed by atoms with Crippen LogP contribution in [0.1, 0.15) is 46.5 Å². The van der Waals surface area contributed by atoms with Crippen LogP contribution in [0.4, 0.5) is 0 Å². The zero-order valence-electron chi connectivity index (χ0n) is 21.3. The maximum atomic E-state index is 13.9. The first-order valence-electron chi connectivity index (χ1n) is 13.3. The maximum Gasteiger partial charge on any atom is 0.245 e. The predicted octanol–water partition coefficient (Wildman–Crippen LogP) is -0.257. The van der Waals surface area contributed by atoms with E-state index in [0.29, 0.717) is 52.1 Å². The summed E-state index contributed by atoms with van der Waals surface area (Å²) < 4.78 is 11.8. The topological polar surface area (TPSA) is 120 Å². The van der Waals surface area contributed by atoms with Crippen LogP contribution in [0.3, 0.4) is 0 Å². The number of carbonyl (C=O) groups excluding carboxylic acids is 3. The Labute approximate surface area is 208 Å². The van der Waals surface area contributed by atoms with Crippen molar-refractivity contribution in [1.82, 2.24) is 20.4 Å². The Bertz CT molecular complexity index is 788. The van der Waals surface area contributed by atoms with Gasteiger partial charge in [0.05, 0.1) is 43.8 Å². The fourth-order valence-corrected chi connectivity index (χ4v) is 6.53. The summed E-state index contributed by atoms with van der Waals surface area (Å²) in [6, 6.07) is -1.35. The molecule has 0 aromatic carbocycles. The molecule has 4 fully saturated rings. The lowest BCUT2D eigenvalue weighted by molar-refractivity contribution is -0.146. The molecule has 10 nitrogen and oxygen atoms in total. The lowest BCUT2D eigenvalue weighted by Crippen LogP contribution is -2.58. The number of nitrogens with zero attached hydrogens (tertiary/aromatic N) is 2. The quantitative estimate of drug-likeness (QED) is 0.362. The van der Waals surface area contributed by atoms with Crippen molar-refractivity contribution in [3.63, 3.8) is 0 Å². The minimum absolute atomic E-state index is 0.172. The second-order valence-electron chi connectivity index (χ2n) is 10.8. The lowest BCUT2D eigenvalue weighted by atomic mass is 9.70. The minimum Gasteiger partial charge on any atom is -0.394 e. The maximum absolute atomic E-state index is 13.9. The third-order valence-electron chi connectivity index (χ3n) is 8.02. The number of carbonyl (C=O) groups is 3. The number of likely N-dealkylation sites (tertiary alicyclic amines) is 1. The van der Waals surface area contributed by atoms with Crippen molar-refractivity contribution in [1.29, 1.82) is 0 Å². The highest BCUT2D eigenvalue weighted by molar-refractivity contribution is 5.99. The van der Waals surface area contributed by atoms with Crippen molar-refractivity contribution in [3.8, 4) is 0 Å². The van der Waals surface area contributed by atoms with Crippen LogP contribution in [-0.2, 0) is 23.9 Å². The number of hydrogen-bond acceptors (Lipinski definition) is 7. The predicted molar refractivity (Wildman–Crippen MR) is 128 cm³/mol. The van der Waals surface area contributed by atoms with E-state index in [4.69, 9.17) is 9.47 Å². The van der Waals surface area contributed by atoms with Crippen LogP contribution >= 0.6 is 0 Å². The molecule has 35 heavy (non-hydrogen) atoms. The molecule has 3 amide bonds. The van der Waals surface area contributed by atoms with Crippen molar-refractivity contribution in [2.24, 2.45) is 17.8 Å². The molecule has 0 saturated carbocycles. The number of rotatable bonds is 11. The summed E-state index contributed by atoms with van der Waals surface area (Å²) >= 11 is 0. The Morgan fingerprint density at radius 2 is 1.89 bits per heavy atom. The largest absolute Gasteiger partial charge is 0.394 e. The Morgan fingerprint density at radius 1 is 1.17 bits per heavy atom. The van der Waals surface area contributed by atoms with Gasteiger partial charge in [-0.15, -0.1) is 0 Å². The number of amides is 3. The first-order chi connectivity index (χ1) is 16.8. The Morgan fingerprint density at radius 3 is 2.54 bits per heavy atom. The second kappa shape index (κ2) is 11.1. The average molecular weight is 495 g/mol. The van der Waals surface area contributed by atoms with E-state index < -0.39 is 29.5 Å². The van der Waals surface area contributed by atoms with E-state index in [1.807, 2.05) is 20.8 Å². The van der Waals surface area contributed by atoms with Gasteiger partial charge in [0, 0.05) is 32.7 Å². The molecule has 4 aliphatic heterocycles. The number of morpholine rings is 1. The third-order valence-corrected chi connectivity index (χ3v) is 8.02. The normalized spacial score (nSPS) is 33.3. The fraction of sp³-hybridized carbons (Fsp3) is 0.880. The van der Waals surface area contributed by atoms with Crippen LogP contribution < -0.4 is 10.6 Å². The molecule has 10 heteroatoms. The van der Waals surface area contributed by atoms with Gasteiger partial charge in [-0.3, -0.25) is 19.3 Å². The number of hydrogen-bond donors (Lipinski definition) is 3. The van der Waals surface area contributed by atoms with Gasteiger partial charge in [0.2, 0.25) is 17.7 Å². The van der Waals surface area contributed by atoms with Crippen LogP contribution in [0, 0.1) is 17.8 Å². The molecule has 1 spiro atoms. The SMILES string of the molecule is CCCNC(=O)[C@@H]1[C@@H]2CCC3(O2)C(C(=O)NCCN2CCOCC2)N([C@@H](CO)CC(C)C)C(=O)[C@H]13. The van der Waals surface area contributed by atoms with Crippen LogP contribution in [0.5, 0.6) is 0 Å². The summed E-state index contributed by atoms with van der Waals surface area (Å²) in [7, 11) is 0. The summed E-state index contributed by atoms with van der Waals surface area (Å²) in [4.78, 5) is 44.5. The van der Waals surface area contributed by atoms with Gasteiger partial charge in [0.25, 0.3) is 0 Å². The highest BCUT2D eigenvalue weighted by atomic mass is 16.5. The van der Waals surface area contributed by atoms with E-state index in [0.717, 1.165) is 19.5 Å². The van der Waals surface area contributed by atoms with E-state index in [1.54, 1.807) is 4.90 Å². The molecule has 3 N–H and O–H groups in total. The second-order valence-corrected chi connectivity index (χ2v) is 10.8. The molecule has 4 rings (SSSR count). The number of nitrogens with one attached hydrogen (secondary N) is 2. The highest BCUT2D eigenvalue weighted by Crippen LogP contribution is 2.58. The highest BCUT2D eigenvalue weighted by Gasteiger charge is 2.75. The van der Waals surface area contributed by atoms with E-state index in [1.165, 1.54) is 0 Å². The van der Waals surface area contributed by atoms with Crippen LogP contribution in [0.15, 0.2) is 0 Å². The lowest BCUT2D eigenvalue weighted by Gasteiger charge is -2.37. The molecule has 0 aromatic rings. The molecule has 4 heterocycles. The number of aliphatic hydroxyl groups excluding tert-OH is 1. The van der Waals surface area contributed by atoms with Crippen molar-refractivity contribution in [2.75, 3.05) is 52.5 Å². The molecule has 4 saturated heterocycles. The fourth-order valence-electron chi connectivity index (χ4n) is 6.53. The molecule has 4 aliphatic rings. The summed E-state index contributed by atoms with van der Waals surface area (Å²) in [6.07, 6.45) is 2.22. The van der Waals surface area contributed by atoms with Gasteiger partial charge in [-0.1, -0.05) is 20.8 Å². The smallest absolute Gasteiger partial charge is 0.245 e. The standard InChI is InChI=1S/C25H42N4O6/c1-4-7-26-22(31)19-18-5-6-25(35-18)20(19)24(33)29(17(15-30)14-16(2)3)21(25)23(32)27-8-9-28-10-12-34-13-11-28/h16-21,30H,4-15H2,1-3H3,(H,26,31)(H,27,32)/t17-,18+,19-,20+,21?,25?/m1/s1. The molecule has 2 bridgehead atoms. The van der Waals surface area contributed by atoms with E-state index in [9.17, 15) is 19.5 Å². The van der Waals surface area contributed by atoms with Gasteiger partial charge in [-0.05, 0) is 31.6 Å². The first-order valence-corrected chi connectivity index (χ1v) is 13.3. The third kappa shape index (κ3) is 4.95. The summed E-state index contributed by atoms with van der Waals surface area (Å²) in [5, 5.41) is 16.2. The van der Waals surface area contributed by atoms with Crippen LogP contribution in [0.2, 0.25) is 0 Å². The Hall–Kier alpha value is -1.75. The Balaban J connectivity index is 1.58. The molecule has 0 aliphatic carbocycles. The molecule has 0 aromatic heterocycles. The molecule has 0 radical (unpaired) electrons. The van der Waals surface area contributed by atoms with Gasteiger partial charge < -0.3 is 30.1 Å². The van der Waals surface area contributed by atoms with Crippen molar-refractivity contribution >= 4 is 17.7 Å². The van der Waals surface area contributed by atoms with Crippen LogP contribution in [0.25, 0.3) is 0 Å². The first kappa shape index (κ1) is 26.3. The van der Waals surface area contributed by atoms with Crippen LogP contribution in [-0.4, -0.2) is 109 Å². The Kier molecular flexibility index (Phi) is 8.35. The molecular formula is C25H42N4O6. The number of fused-ring (bicyclic) bond motifs is 1. The van der Waals surface area contributed by atoms with Gasteiger partial charge in [-0.25, -0.2) is 0 Å². The van der Waals surface area contributed by atoms with Crippen molar-refractivity contribution < 1.29 is 29.0 Å². The monoisotopic (exact) mass is 494 g/mol. The van der Waals surface area contributed by atoms with E-state index in [-0.39, 0.29) is 36.4 Å². The van der Waals surface area contributed by atoms with E-state index in [2.05, 4.69) is 15.5 Å². The minimum atomic E-state index is -1.02.